The van der Waals surface area contributed by atoms with Crippen LogP contribution in [0.2, 0.25) is 0 Å². The lowest BCUT2D eigenvalue weighted by atomic mass is 9.94. The summed E-state index contributed by atoms with van der Waals surface area (Å²) in [5.41, 5.74) is 8.27. The molecule has 0 spiro atoms. The number of para-hydroxylation sites is 1. The predicted octanol–water partition coefficient (Wildman–Crippen LogP) is 8.35. The molecule has 0 aliphatic carbocycles. The number of rotatable bonds is 4. The Kier molecular flexibility index (Phi) is 4.58. The number of pyridine rings is 2. The van der Waals surface area contributed by atoms with Crippen LogP contribution in [0.3, 0.4) is 0 Å². The van der Waals surface area contributed by atoms with Crippen molar-refractivity contribution in [3.05, 3.63) is 115 Å². The molecular weight excluding hydrogens is 442 g/mol. The number of aromatic nitrogens is 1. The first-order valence-corrected chi connectivity index (χ1v) is 12.3. The zero-order valence-electron chi connectivity index (χ0n) is 19.9. The Morgan fingerprint density at radius 3 is 2.00 bits per heavy atom. The number of hydrogen-bond acceptors (Lipinski definition) is 2. The molecule has 0 N–H and O–H groups in total. The predicted molar refractivity (Wildman–Crippen MR) is 148 cm³/mol. The summed E-state index contributed by atoms with van der Waals surface area (Å²) in [4.78, 5) is 13.5. The molecule has 7 rings (SSSR count). The van der Waals surface area contributed by atoms with Crippen LogP contribution in [-0.2, 0) is 4.74 Å². The van der Waals surface area contributed by atoms with Gasteiger partial charge in [-0.15, -0.1) is 0 Å². The largest absolute Gasteiger partial charge is 0.462 e. The van der Waals surface area contributed by atoms with E-state index in [1.165, 1.54) is 0 Å². The lowest BCUT2D eigenvalue weighted by Crippen LogP contribution is -2.05. The van der Waals surface area contributed by atoms with E-state index >= 15 is 0 Å². The highest BCUT2D eigenvalue weighted by molar-refractivity contribution is 6.26. The minimum atomic E-state index is -0.283. The van der Waals surface area contributed by atoms with Gasteiger partial charge in [0, 0.05) is 21.7 Å². The maximum absolute atomic E-state index is 13.5. The Hall–Kier alpha value is -4.63. The van der Waals surface area contributed by atoms with Crippen molar-refractivity contribution in [2.24, 2.45) is 0 Å². The van der Waals surface area contributed by atoms with Crippen molar-refractivity contribution < 1.29 is 9.53 Å². The summed E-state index contributed by atoms with van der Waals surface area (Å²) in [5.74, 6) is -0.283. The number of ether oxygens (including phenoxy) is 1. The third kappa shape index (κ3) is 2.83. The van der Waals surface area contributed by atoms with Crippen molar-refractivity contribution in [2.75, 3.05) is 6.61 Å². The SMILES string of the molecule is CCOC(=O)c1c2cccc3c(-c4ccccc4)cc4c(-c5ccccc5)c5ccccc5c1n4c32. The molecule has 4 aromatic carbocycles. The Balaban J connectivity index is 1.80. The molecule has 0 aliphatic heterocycles. The molecule has 0 amide bonds. The molecule has 0 unspecified atom stereocenters. The second kappa shape index (κ2) is 7.96. The smallest absolute Gasteiger partial charge is 0.340 e. The third-order valence-electron chi connectivity index (χ3n) is 7.14. The summed E-state index contributed by atoms with van der Waals surface area (Å²) in [6.45, 7) is 2.19. The highest BCUT2D eigenvalue weighted by Gasteiger charge is 2.27. The Morgan fingerprint density at radius 1 is 0.667 bits per heavy atom. The average molecular weight is 466 g/mol. The van der Waals surface area contributed by atoms with Gasteiger partial charge >= 0.3 is 5.97 Å². The average Bonchev–Trinajstić information content (AvgIpc) is 3.29. The number of carbonyl (C=O) groups excluding carboxylic acids is 1. The standard InChI is InChI=1S/C33H23NO2/c1-2-36-33(35)30-26-19-11-18-25-27(21-12-5-3-6-13-21)20-28-29(22-14-7-4-8-15-22)23-16-9-10-17-24(23)32(30)34(28)31(25)26/h3-20H,2H2,1H3. The Bertz CT molecular complexity index is 1900. The van der Waals surface area contributed by atoms with Crippen LogP contribution in [0.15, 0.2) is 109 Å². The maximum Gasteiger partial charge on any atom is 0.340 e. The van der Waals surface area contributed by atoms with Crippen LogP contribution in [0.1, 0.15) is 17.3 Å². The van der Waals surface area contributed by atoms with Crippen molar-refractivity contribution >= 4 is 44.1 Å². The molecule has 36 heavy (non-hydrogen) atoms. The normalized spacial score (nSPS) is 11.7. The van der Waals surface area contributed by atoms with E-state index in [0.717, 1.165) is 60.3 Å². The highest BCUT2D eigenvalue weighted by atomic mass is 16.5. The van der Waals surface area contributed by atoms with Gasteiger partial charge in [-0.1, -0.05) is 103 Å². The zero-order valence-corrected chi connectivity index (χ0v) is 19.9. The summed E-state index contributed by atoms with van der Waals surface area (Å²) < 4.78 is 7.89. The molecule has 3 heterocycles. The quantitative estimate of drug-likeness (QED) is 0.149. The lowest BCUT2D eigenvalue weighted by molar-refractivity contribution is 0.0531. The fraction of sp³-hybridized carbons (Fsp3) is 0.0606. The molecule has 0 bridgehead atoms. The number of benzene rings is 4. The third-order valence-corrected chi connectivity index (χ3v) is 7.14. The Morgan fingerprint density at radius 2 is 1.28 bits per heavy atom. The van der Waals surface area contributed by atoms with Gasteiger partial charge in [0.15, 0.2) is 0 Å². The van der Waals surface area contributed by atoms with Crippen LogP contribution in [-0.4, -0.2) is 17.0 Å². The van der Waals surface area contributed by atoms with Gasteiger partial charge in [0.2, 0.25) is 0 Å². The van der Waals surface area contributed by atoms with Gasteiger partial charge in [0.25, 0.3) is 0 Å². The maximum atomic E-state index is 13.5. The topological polar surface area (TPSA) is 30.7 Å². The monoisotopic (exact) mass is 465 g/mol. The molecule has 0 fully saturated rings. The van der Waals surface area contributed by atoms with E-state index in [1.54, 1.807) is 0 Å². The van der Waals surface area contributed by atoms with Crippen LogP contribution in [0.5, 0.6) is 0 Å². The summed E-state index contributed by atoms with van der Waals surface area (Å²) in [6.07, 6.45) is 0. The molecule has 0 saturated carbocycles. The van der Waals surface area contributed by atoms with E-state index in [0.29, 0.717) is 12.2 Å². The van der Waals surface area contributed by atoms with E-state index in [4.69, 9.17) is 4.74 Å². The van der Waals surface area contributed by atoms with Crippen molar-refractivity contribution in [3.8, 4) is 22.3 Å². The van der Waals surface area contributed by atoms with E-state index in [-0.39, 0.29) is 5.97 Å². The fourth-order valence-electron chi connectivity index (χ4n) is 5.73. The van der Waals surface area contributed by atoms with Crippen LogP contribution < -0.4 is 0 Å². The van der Waals surface area contributed by atoms with Crippen molar-refractivity contribution in [1.29, 1.82) is 0 Å². The molecule has 7 aromatic rings. The van der Waals surface area contributed by atoms with Crippen LogP contribution in [0.4, 0.5) is 0 Å². The van der Waals surface area contributed by atoms with E-state index in [9.17, 15) is 4.79 Å². The van der Waals surface area contributed by atoms with E-state index in [1.807, 2.05) is 37.3 Å². The van der Waals surface area contributed by atoms with Gasteiger partial charge in [-0.2, -0.15) is 0 Å². The summed E-state index contributed by atoms with van der Waals surface area (Å²) in [7, 11) is 0. The molecule has 0 saturated heterocycles. The molecule has 172 valence electrons. The zero-order chi connectivity index (χ0) is 24.2. The van der Waals surface area contributed by atoms with Crippen molar-refractivity contribution in [2.45, 2.75) is 6.92 Å². The van der Waals surface area contributed by atoms with Crippen molar-refractivity contribution in [3.63, 3.8) is 0 Å². The van der Waals surface area contributed by atoms with Gasteiger partial charge in [-0.05, 0) is 35.1 Å². The number of nitrogens with zero attached hydrogens (tertiary/aromatic N) is 1. The van der Waals surface area contributed by atoms with Gasteiger partial charge in [-0.3, -0.25) is 0 Å². The summed E-state index contributed by atoms with van der Waals surface area (Å²) >= 11 is 0. The fourth-order valence-corrected chi connectivity index (χ4v) is 5.73. The van der Waals surface area contributed by atoms with Gasteiger partial charge in [0.05, 0.1) is 28.7 Å². The minimum Gasteiger partial charge on any atom is -0.462 e. The lowest BCUT2D eigenvalue weighted by Gasteiger charge is -2.18. The van der Waals surface area contributed by atoms with E-state index in [2.05, 4.69) is 83.3 Å². The number of carbonyl (C=O) groups is 1. The number of fused-ring (bicyclic) bond motifs is 2. The first-order chi connectivity index (χ1) is 17.8. The van der Waals surface area contributed by atoms with Crippen LogP contribution in [0, 0.1) is 0 Å². The van der Waals surface area contributed by atoms with E-state index < -0.39 is 0 Å². The molecule has 0 radical (unpaired) electrons. The van der Waals surface area contributed by atoms with Crippen molar-refractivity contribution in [1.82, 2.24) is 4.40 Å². The second-order valence-corrected chi connectivity index (χ2v) is 9.08. The second-order valence-electron chi connectivity index (χ2n) is 9.08. The summed E-state index contributed by atoms with van der Waals surface area (Å²) in [5, 5.41) is 4.20. The van der Waals surface area contributed by atoms with Gasteiger partial charge in [0.1, 0.15) is 0 Å². The number of esters is 1. The molecule has 3 aromatic heterocycles. The highest BCUT2D eigenvalue weighted by Crippen LogP contribution is 2.45. The minimum absolute atomic E-state index is 0.283. The molecule has 0 atom stereocenters. The van der Waals surface area contributed by atoms with Gasteiger partial charge in [-0.25, -0.2) is 4.79 Å². The molecular formula is C33H23NO2. The first kappa shape index (κ1) is 20.7. The van der Waals surface area contributed by atoms with Gasteiger partial charge < -0.3 is 9.14 Å². The van der Waals surface area contributed by atoms with Crippen LogP contribution in [0.25, 0.3) is 60.3 Å². The molecule has 3 nitrogen and oxygen atoms in total. The molecule has 0 aliphatic rings. The van der Waals surface area contributed by atoms with Crippen LogP contribution >= 0.6 is 0 Å². The molecule has 3 heteroatoms. The first-order valence-electron chi connectivity index (χ1n) is 12.3. The summed E-state index contributed by atoms with van der Waals surface area (Å²) in [6, 6.07) is 37.9. The Labute approximate surface area is 208 Å². The number of hydrogen-bond donors (Lipinski definition) is 0.